The van der Waals surface area contributed by atoms with Crippen LogP contribution >= 0.6 is 0 Å². The number of hydrogen-bond donors (Lipinski definition) is 0. The van der Waals surface area contributed by atoms with Crippen LogP contribution in [0.25, 0.3) is 0 Å². The van der Waals surface area contributed by atoms with E-state index in [-0.39, 0.29) is 0 Å². The second-order valence-corrected chi connectivity index (χ2v) is 5.68. The molecule has 2 fully saturated rings. The van der Waals surface area contributed by atoms with Crippen LogP contribution in [0.4, 0.5) is 0 Å². The van der Waals surface area contributed by atoms with Gasteiger partial charge >= 0.3 is 0 Å². The lowest BCUT2D eigenvalue weighted by Gasteiger charge is -2.37. The Hall–Kier alpha value is -0.530. The molecule has 1 saturated carbocycles. The number of carbonyl (C=O) groups is 1. The van der Waals surface area contributed by atoms with Crippen molar-refractivity contribution in [3.63, 3.8) is 0 Å². The van der Waals surface area contributed by atoms with Crippen molar-refractivity contribution in [3.05, 3.63) is 0 Å². The zero-order valence-electron chi connectivity index (χ0n) is 10.6. The van der Waals surface area contributed by atoms with E-state index >= 15 is 0 Å². The quantitative estimate of drug-likeness (QED) is 0.718. The van der Waals surface area contributed by atoms with E-state index in [0.29, 0.717) is 11.3 Å². The molecule has 0 atom stereocenters. The summed E-state index contributed by atoms with van der Waals surface area (Å²) in [6.07, 6.45) is 11.0. The van der Waals surface area contributed by atoms with Gasteiger partial charge in [-0.25, -0.2) is 0 Å². The molecule has 0 aromatic carbocycles. The standard InChI is InChI=1S/C14H25NO/c1-2-14(8-4-3-5-9-14)12-13(16)15-10-6-7-11-15/h2-12H2,1H3. The molecule has 0 unspecified atom stereocenters. The van der Waals surface area contributed by atoms with Crippen molar-refractivity contribution in [1.29, 1.82) is 0 Å². The van der Waals surface area contributed by atoms with Gasteiger partial charge in [-0.15, -0.1) is 0 Å². The Labute approximate surface area is 99.4 Å². The van der Waals surface area contributed by atoms with E-state index in [4.69, 9.17) is 0 Å². The maximum absolute atomic E-state index is 12.2. The van der Waals surface area contributed by atoms with E-state index in [1.54, 1.807) is 0 Å². The van der Waals surface area contributed by atoms with Crippen LogP contribution < -0.4 is 0 Å². The van der Waals surface area contributed by atoms with Crippen LogP contribution in [-0.2, 0) is 4.79 Å². The molecule has 16 heavy (non-hydrogen) atoms. The molecule has 0 radical (unpaired) electrons. The van der Waals surface area contributed by atoms with Gasteiger partial charge in [-0.3, -0.25) is 4.79 Å². The van der Waals surface area contributed by atoms with Crippen LogP contribution in [0, 0.1) is 5.41 Å². The van der Waals surface area contributed by atoms with Gasteiger partial charge in [0.1, 0.15) is 0 Å². The van der Waals surface area contributed by atoms with Crippen molar-refractivity contribution >= 4 is 5.91 Å². The molecule has 1 aliphatic carbocycles. The number of carbonyl (C=O) groups excluding carboxylic acids is 1. The Morgan fingerprint density at radius 1 is 1.06 bits per heavy atom. The highest BCUT2D eigenvalue weighted by Crippen LogP contribution is 2.42. The van der Waals surface area contributed by atoms with Crippen molar-refractivity contribution in [2.75, 3.05) is 13.1 Å². The summed E-state index contributed by atoms with van der Waals surface area (Å²) in [5.41, 5.74) is 0.359. The minimum atomic E-state index is 0.359. The molecular weight excluding hydrogens is 198 g/mol. The SMILES string of the molecule is CCC1(CC(=O)N2CCCC2)CCCCC1. The van der Waals surface area contributed by atoms with Crippen LogP contribution in [0.15, 0.2) is 0 Å². The zero-order valence-corrected chi connectivity index (χ0v) is 10.6. The first-order chi connectivity index (χ1) is 7.76. The molecule has 2 heteroatoms. The molecule has 1 saturated heterocycles. The van der Waals surface area contributed by atoms with E-state index in [1.807, 2.05) is 0 Å². The lowest BCUT2D eigenvalue weighted by Crippen LogP contribution is -2.35. The summed E-state index contributed by atoms with van der Waals surface area (Å²) >= 11 is 0. The van der Waals surface area contributed by atoms with Gasteiger partial charge in [-0.2, -0.15) is 0 Å². The van der Waals surface area contributed by atoms with Crippen molar-refractivity contribution < 1.29 is 4.79 Å². The van der Waals surface area contributed by atoms with Crippen LogP contribution in [0.5, 0.6) is 0 Å². The number of amides is 1. The van der Waals surface area contributed by atoms with Gasteiger partial charge < -0.3 is 4.90 Å². The highest BCUT2D eigenvalue weighted by atomic mass is 16.2. The molecule has 1 aliphatic heterocycles. The van der Waals surface area contributed by atoms with Crippen molar-refractivity contribution in [2.24, 2.45) is 5.41 Å². The summed E-state index contributed by atoms with van der Waals surface area (Å²) in [4.78, 5) is 14.3. The van der Waals surface area contributed by atoms with E-state index in [9.17, 15) is 4.79 Å². The maximum atomic E-state index is 12.2. The Bertz CT molecular complexity index is 237. The summed E-state index contributed by atoms with van der Waals surface area (Å²) in [6.45, 7) is 4.29. The van der Waals surface area contributed by atoms with Gasteiger partial charge in [0, 0.05) is 19.5 Å². The van der Waals surface area contributed by atoms with Gasteiger partial charge in [-0.1, -0.05) is 26.2 Å². The zero-order chi connectivity index (χ0) is 11.4. The average Bonchev–Trinajstić information content (AvgIpc) is 2.84. The third kappa shape index (κ3) is 2.58. The second-order valence-electron chi connectivity index (χ2n) is 5.68. The summed E-state index contributed by atoms with van der Waals surface area (Å²) in [5, 5.41) is 0. The first kappa shape index (κ1) is 11.9. The maximum Gasteiger partial charge on any atom is 0.223 e. The van der Waals surface area contributed by atoms with Gasteiger partial charge in [0.15, 0.2) is 0 Å². The molecule has 0 spiro atoms. The fourth-order valence-corrected chi connectivity index (χ4v) is 3.36. The molecule has 0 N–H and O–H groups in total. The summed E-state index contributed by atoms with van der Waals surface area (Å²) < 4.78 is 0. The van der Waals surface area contributed by atoms with E-state index < -0.39 is 0 Å². The average molecular weight is 223 g/mol. The normalized spacial score (nSPS) is 24.7. The number of likely N-dealkylation sites (tertiary alicyclic amines) is 1. The minimum absolute atomic E-state index is 0.359. The number of nitrogens with zero attached hydrogens (tertiary/aromatic N) is 1. The van der Waals surface area contributed by atoms with Gasteiger partial charge in [0.25, 0.3) is 0 Å². The van der Waals surface area contributed by atoms with Crippen LogP contribution in [0.2, 0.25) is 0 Å². The molecule has 2 nitrogen and oxygen atoms in total. The van der Waals surface area contributed by atoms with Crippen LogP contribution in [-0.4, -0.2) is 23.9 Å². The second kappa shape index (κ2) is 5.20. The molecule has 0 aromatic heterocycles. The van der Waals surface area contributed by atoms with E-state index in [1.165, 1.54) is 51.4 Å². The van der Waals surface area contributed by atoms with Gasteiger partial charge in [-0.05, 0) is 37.5 Å². The Morgan fingerprint density at radius 3 is 2.25 bits per heavy atom. The van der Waals surface area contributed by atoms with Crippen molar-refractivity contribution in [3.8, 4) is 0 Å². The summed E-state index contributed by atoms with van der Waals surface area (Å²) in [5.74, 6) is 0.432. The van der Waals surface area contributed by atoms with E-state index in [0.717, 1.165) is 19.5 Å². The summed E-state index contributed by atoms with van der Waals surface area (Å²) in [6, 6.07) is 0. The third-order valence-corrected chi connectivity index (χ3v) is 4.65. The van der Waals surface area contributed by atoms with E-state index in [2.05, 4.69) is 11.8 Å². The Morgan fingerprint density at radius 2 is 1.69 bits per heavy atom. The molecule has 0 bridgehead atoms. The largest absolute Gasteiger partial charge is 0.343 e. The molecule has 2 rings (SSSR count). The van der Waals surface area contributed by atoms with Crippen LogP contribution in [0.1, 0.15) is 64.7 Å². The predicted octanol–water partition coefficient (Wildman–Crippen LogP) is 3.36. The fraction of sp³-hybridized carbons (Fsp3) is 0.929. The first-order valence-corrected chi connectivity index (χ1v) is 7.04. The molecule has 1 heterocycles. The van der Waals surface area contributed by atoms with Crippen LogP contribution in [0.3, 0.4) is 0 Å². The molecule has 2 aliphatic rings. The number of rotatable bonds is 3. The highest BCUT2D eigenvalue weighted by molar-refractivity contribution is 5.77. The van der Waals surface area contributed by atoms with Gasteiger partial charge in [0.2, 0.25) is 5.91 Å². The third-order valence-electron chi connectivity index (χ3n) is 4.65. The first-order valence-electron chi connectivity index (χ1n) is 7.04. The summed E-state index contributed by atoms with van der Waals surface area (Å²) in [7, 11) is 0. The molecule has 0 aromatic rings. The van der Waals surface area contributed by atoms with Gasteiger partial charge in [0.05, 0.1) is 0 Å². The fourth-order valence-electron chi connectivity index (χ4n) is 3.36. The Balaban J connectivity index is 1.91. The predicted molar refractivity (Wildman–Crippen MR) is 66.2 cm³/mol. The topological polar surface area (TPSA) is 20.3 Å². The smallest absolute Gasteiger partial charge is 0.223 e. The van der Waals surface area contributed by atoms with Crippen molar-refractivity contribution in [1.82, 2.24) is 4.90 Å². The molecule has 1 amide bonds. The van der Waals surface area contributed by atoms with Crippen molar-refractivity contribution in [2.45, 2.75) is 64.7 Å². The number of hydrogen-bond acceptors (Lipinski definition) is 1. The monoisotopic (exact) mass is 223 g/mol. The molecule has 92 valence electrons. The lowest BCUT2D eigenvalue weighted by molar-refractivity contribution is -0.133. The highest BCUT2D eigenvalue weighted by Gasteiger charge is 2.34. The molecular formula is C14H25NO. The lowest BCUT2D eigenvalue weighted by atomic mass is 9.70. The Kier molecular flexibility index (Phi) is 3.88. The minimum Gasteiger partial charge on any atom is -0.343 e.